The van der Waals surface area contributed by atoms with Crippen LogP contribution >= 0.6 is 0 Å². The zero-order chi connectivity index (χ0) is 12.0. The van der Waals surface area contributed by atoms with Crippen molar-refractivity contribution in [2.75, 3.05) is 5.32 Å². The van der Waals surface area contributed by atoms with Gasteiger partial charge in [0.2, 0.25) is 5.91 Å². The number of H-pyrrole nitrogens is 1. The SMILES string of the molecule is CCc1cc(NC(=O)CCCC(C)N)n[nH]1. The number of aromatic nitrogens is 2. The van der Waals surface area contributed by atoms with Gasteiger partial charge in [0.05, 0.1) is 0 Å². The van der Waals surface area contributed by atoms with E-state index in [9.17, 15) is 4.79 Å². The molecule has 16 heavy (non-hydrogen) atoms. The third kappa shape index (κ3) is 4.44. The summed E-state index contributed by atoms with van der Waals surface area (Å²) in [4.78, 5) is 11.5. The maximum atomic E-state index is 11.5. The zero-order valence-electron chi connectivity index (χ0n) is 9.92. The van der Waals surface area contributed by atoms with Gasteiger partial charge in [-0.2, -0.15) is 5.10 Å². The molecule has 0 saturated heterocycles. The van der Waals surface area contributed by atoms with Gasteiger partial charge < -0.3 is 11.1 Å². The van der Waals surface area contributed by atoms with E-state index in [0.717, 1.165) is 25.0 Å². The van der Waals surface area contributed by atoms with E-state index in [1.165, 1.54) is 0 Å². The van der Waals surface area contributed by atoms with Crippen molar-refractivity contribution >= 4 is 11.7 Å². The Kier molecular flexibility index (Phi) is 4.98. The largest absolute Gasteiger partial charge is 0.328 e. The van der Waals surface area contributed by atoms with E-state index >= 15 is 0 Å². The molecule has 1 atom stereocenters. The minimum absolute atomic E-state index is 0.00481. The van der Waals surface area contributed by atoms with Gasteiger partial charge in [-0.05, 0) is 26.2 Å². The molecule has 5 heteroatoms. The summed E-state index contributed by atoms with van der Waals surface area (Å²) in [6.07, 6.45) is 3.06. The highest BCUT2D eigenvalue weighted by molar-refractivity contribution is 5.89. The quantitative estimate of drug-likeness (QED) is 0.683. The monoisotopic (exact) mass is 224 g/mol. The van der Waals surface area contributed by atoms with Crippen molar-refractivity contribution in [3.63, 3.8) is 0 Å². The van der Waals surface area contributed by atoms with Crippen LogP contribution in [0.3, 0.4) is 0 Å². The highest BCUT2D eigenvalue weighted by Crippen LogP contribution is 2.07. The molecule has 0 spiro atoms. The van der Waals surface area contributed by atoms with Gasteiger partial charge in [0.25, 0.3) is 0 Å². The van der Waals surface area contributed by atoms with Crippen LogP contribution in [-0.4, -0.2) is 22.1 Å². The Morgan fingerprint density at radius 2 is 2.44 bits per heavy atom. The lowest BCUT2D eigenvalue weighted by Crippen LogP contribution is -2.16. The van der Waals surface area contributed by atoms with Crippen molar-refractivity contribution in [2.24, 2.45) is 5.73 Å². The van der Waals surface area contributed by atoms with Crippen molar-refractivity contribution in [1.29, 1.82) is 0 Å². The molecule has 1 aromatic rings. The van der Waals surface area contributed by atoms with Crippen molar-refractivity contribution in [2.45, 2.75) is 45.6 Å². The number of amides is 1. The Morgan fingerprint density at radius 1 is 1.69 bits per heavy atom. The molecule has 1 unspecified atom stereocenters. The standard InChI is InChI=1S/C11H20N4O/c1-3-9-7-10(15-14-9)13-11(16)6-4-5-8(2)12/h7-8H,3-6,12H2,1-2H3,(H2,13,14,15,16). The number of hydrogen-bond donors (Lipinski definition) is 3. The molecule has 0 aromatic carbocycles. The Balaban J connectivity index is 2.28. The minimum atomic E-state index is -0.00481. The van der Waals surface area contributed by atoms with Crippen molar-refractivity contribution in [1.82, 2.24) is 10.2 Å². The fourth-order valence-corrected chi connectivity index (χ4v) is 1.40. The summed E-state index contributed by atoms with van der Waals surface area (Å²) in [5.41, 5.74) is 6.62. The number of nitrogens with two attached hydrogens (primary N) is 1. The summed E-state index contributed by atoms with van der Waals surface area (Å²) in [6, 6.07) is 2.01. The van der Waals surface area contributed by atoms with E-state index in [2.05, 4.69) is 15.5 Å². The van der Waals surface area contributed by atoms with Crippen LogP contribution < -0.4 is 11.1 Å². The summed E-state index contributed by atoms with van der Waals surface area (Å²) < 4.78 is 0. The third-order valence-corrected chi connectivity index (χ3v) is 2.34. The predicted octanol–water partition coefficient (Wildman–Crippen LogP) is 1.43. The summed E-state index contributed by atoms with van der Waals surface area (Å²) in [5.74, 6) is 0.595. The topological polar surface area (TPSA) is 83.8 Å². The molecule has 90 valence electrons. The van der Waals surface area contributed by atoms with Gasteiger partial charge in [0, 0.05) is 24.2 Å². The first-order valence-electron chi connectivity index (χ1n) is 5.71. The van der Waals surface area contributed by atoms with E-state index in [4.69, 9.17) is 5.73 Å². The maximum Gasteiger partial charge on any atom is 0.225 e. The molecule has 0 aliphatic rings. The van der Waals surface area contributed by atoms with Crippen LogP contribution in [0, 0.1) is 0 Å². The maximum absolute atomic E-state index is 11.5. The summed E-state index contributed by atoms with van der Waals surface area (Å²) >= 11 is 0. The van der Waals surface area contributed by atoms with Gasteiger partial charge in [-0.25, -0.2) is 0 Å². The average Bonchev–Trinajstić information content (AvgIpc) is 2.65. The van der Waals surface area contributed by atoms with Crippen LogP contribution in [0.25, 0.3) is 0 Å². The lowest BCUT2D eigenvalue weighted by molar-refractivity contribution is -0.116. The molecule has 0 fully saturated rings. The molecule has 4 N–H and O–H groups in total. The number of rotatable bonds is 6. The fourth-order valence-electron chi connectivity index (χ4n) is 1.40. The zero-order valence-corrected chi connectivity index (χ0v) is 9.92. The molecule has 1 amide bonds. The second-order valence-corrected chi connectivity index (χ2v) is 4.05. The Morgan fingerprint density at radius 3 is 3.00 bits per heavy atom. The van der Waals surface area contributed by atoms with Crippen LogP contribution in [0.15, 0.2) is 6.07 Å². The first-order valence-corrected chi connectivity index (χ1v) is 5.71. The summed E-state index contributed by atoms with van der Waals surface area (Å²) in [7, 11) is 0. The van der Waals surface area contributed by atoms with E-state index in [1.807, 2.05) is 19.9 Å². The van der Waals surface area contributed by atoms with Crippen LogP contribution in [0.4, 0.5) is 5.82 Å². The molecule has 1 aromatic heterocycles. The van der Waals surface area contributed by atoms with Gasteiger partial charge in [0.15, 0.2) is 5.82 Å². The first-order chi connectivity index (χ1) is 7.61. The number of carbonyl (C=O) groups excluding carboxylic acids is 1. The van der Waals surface area contributed by atoms with Crippen LogP contribution in [0.1, 0.15) is 38.8 Å². The van der Waals surface area contributed by atoms with Crippen LogP contribution in [0.2, 0.25) is 0 Å². The number of nitrogens with one attached hydrogen (secondary N) is 2. The lowest BCUT2D eigenvalue weighted by Gasteiger charge is -2.04. The molecule has 0 bridgehead atoms. The molecular formula is C11H20N4O. The second-order valence-electron chi connectivity index (χ2n) is 4.05. The molecular weight excluding hydrogens is 204 g/mol. The van der Waals surface area contributed by atoms with Crippen molar-refractivity contribution in [3.05, 3.63) is 11.8 Å². The number of nitrogens with zero attached hydrogens (tertiary/aromatic N) is 1. The molecule has 5 nitrogen and oxygen atoms in total. The van der Waals surface area contributed by atoms with Gasteiger partial charge in [0.1, 0.15) is 0 Å². The highest BCUT2D eigenvalue weighted by atomic mass is 16.1. The molecule has 1 heterocycles. The van der Waals surface area contributed by atoms with E-state index in [-0.39, 0.29) is 11.9 Å². The molecule has 1 rings (SSSR count). The number of hydrogen-bond acceptors (Lipinski definition) is 3. The normalized spacial score (nSPS) is 12.4. The van der Waals surface area contributed by atoms with E-state index < -0.39 is 0 Å². The Hall–Kier alpha value is -1.36. The van der Waals surface area contributed by atoms with Gasteiger partial charge in [-0.1, -0.05) is 6.92 Å². The number of carbonyl (C=O) groups is 1. The van der Waals surface area contributed by atoms with E-state index in [0.29, 0.717) is 12.2 Å². The highest BCUT2D eigenvalue weighted by Gasteiger charge is 2.05. The summed E-state index contributed by atoms with van der Waals surface area (Å²) in [6.45, 7) is 3.97. The number of aromatic amines is 1. The Bertz CT molecular complexity index is 332. The number of anilines is 1. The van der Waals surface area contributed by atoms with Gasteiger partial charge in [-0.3, -0.25) is 9.89 Å². The minimum Gasteiger partial charge on any atom is -0.328 e. The fraction of sp³-hybridized carbons (Fsp3) is 0.636. The molecule has 0 saturated carbocycles. The predicted molar refractivity (Wildman–Crippen MR) is 64.1 cm³/mol. The summed E-state index contributed by atoms with van der Waals surface area (Å²) in [5, 5.41) is 9.59. The lowest BCUT2D eigenvalue weighted by atomic mass is 10.1. The van der Waals surface area contributed by atoms with Gasteiger partial charge in [-0.15, -0.1) is 0 Å². The van der Waals surface area contributed by atoms with Crippen LogP contribution in [-0.2, 0) is 11.2 Å². The van der Waals surface area contributed by atoms with Crippen LogP contribution in [0.5, 0.6) is 0 Å². The first kappa shape index (κ1) is 12.7. The molecule has 0 radical (unpaired) electrons. The van der Waals surface area contributed by atoms with Crippen molar-refractivity contribution in [3.8, 4) is 0 Å². The molecule has 0 aliphatic carbocycles. The number of aryl methyl sites for hydroxylation is 1. The van der Waals surface area contributed by atoms with Gasteiger partial charge >= 0.3 is 0 Å². The third-order valence-electron chi connectivity index (χ3n) is 2.34. The van der Waals surface area contributed by atoms with Crippen molar-refractivity contribution < 1.29 is 4.79 Å². The second kappa shape index (κ2) is 6.27. The Labute approximate surface area is 95.8 Å². The smallest absolute Gasteiger partial charge is 0.225 e. The average molecular weight is 224 g/mol. The molecule has 0 aliphatic heterocycles. The van der Waals surface area contributed by atoms with E-state index in [1.54, 1.807) is 0 Å².